The predicted molar refractivity (Wildman–Crippen MR) is 114 cm³/mol. The molecule has 3 aliphatic heterocycles. The Hall–Kier alpha value is -3.42. The van der Waals surface area contributed by atoms with Crippen LogP contribution in [0, 0.1) is 16.7 Å². The van der Waals surface area contributed by atoms with Crippen LogP contribution in [-0.2, 0) is 9.59 Å². The number of piperazine rings is 1. The second kappa shape index (κ2) is 7.62. The number of nitrogens with one attached hydrogen (secondary N) is 1. The van der Waals surface area contributed by atoms with E-state index in [0.29, 0.717) is 44.8 Å². The quantitative estimate of drug-likeness (QED) is 0.667. The largest absolute Gasteiger partial charge is 0.343 e. The smallest absolute Gasteiger partial charge is 0.338 e. The van der Waals surface area contributed by atoms with Gasteiger partial charge in [0, 0.05) is 44.4 Å². The van der Waals surface area contributed by atoms with Gasteiger partial charge < -0.3 is 15.1 Å². The molecular formula is C21H28N8O3. The van der Waals surface area contributed by atoms with E-state index in [1.165, 1.54) is 6.20 Å². The molecule has 0 aromatic carbocycles. The summed E-state index contributed by atoms with van der Waals surface area (Å²) in [7, 11) is 1.67. The maximum atomic E-state index is 13.5. The minimum atomic E-state index is -0.918. The number of rotatable bonds is 1. The average Bonchev–Trinajstić information content (AvgIpc) is 3.12. The van der Waals surface area contributed by atoms with Crippen molar-refractivity contribution in [3.05, 3.63) is 18.1 Å². The van der Waals surface area contributed by atoms with Crippen molar-refractivity contribution in [3.8, 4) is 6.07 Å². The maximum absolute atomic E-state index is 13.5. The molecule has 1 aromatic rings. The Balaban J connectivity index is 1.52. The molecule has 11 nitrogen and oxygen atoms in total. The molecule has 11 heteroatoms. The molecule has 4 heterocycles. The van der Waals surface area contributed by atoms with Crippen molar-refractivity contribution >= 4 is 23.7 Å². The molecule has 32 heavy (non-hydrogen) atoms. The van der Waals surface area contributed by atoms with Gasteiger partial charge in [-0.15, -0.1) is 0 Å². The van der Waals surface area contributed by atoms with E-state index in [9.17, 15) is 14.4 Å². The first-order valence-corrected chi connectivity index (χ1v) is 10.7. The fourth-order valence-electron chi connectivity index (χ4n) is 4.79. The van der Waals surface area contributed by atoms with Gasteiger partial charge in [0.1, 0.15) is 17.6 Å². The van der Waals surface area contributed by atoms with Crippen molar-refractivity contribution in [2.75, 3.05) is 38.2 Å². The summed E-state index contributed by atoms with van der Waals surface area (Å²) in [5.41, 5.74) is -1.09. The predicted octanol–water partition coefficient (Wildman–Crippen LogP) is 0.343. The fourth-order valence-corrected chi connectivity index (χ4v) is 4.79. The first-order chi connectivity index (χ1) is 15.1. The van der Waals surface area contributed by atoms with Crippen molar-refractivity contribution < 1.29 is 14.4 Å². The van der Waals surface area contributed by atoms with Gasteiger partial charge in [-0.2, -0.15) is 10.2 Å². The molecule has 170 valence electrons. The van der Waals surface area contributed by atoms with Gasteiger partial charge in [-0.05, 0) is 19.8 Å². The van der Waals surface area contributed by atoms with Crippen LogP contribution in [0.1, 0.15) is 39.4 Å². The van der Waals surface area contributed by atoms with Gasteiger partial charge in [0.25, 0.3) is 0 Å². The summed E-state index contributed by atoms with van der Waals surface area (Å²) in [5.74, 6) is 0.266. The number of hydrogen-bond donors (Lipinski definition) is 1. The fraction of sp³-hybridized carbons (Fsp3) is 0.619. The Morgan fingerprint density at radius 1 is 1.25 bits per heavy atom. The van der Waals surface area contributed by atoms with Crippen LogP contribution in [0.3, 0.4) is 0 Å². The summed E-state index contributed by atoms with van der Waals surface area (Å²) in [6, 6.07) is 2.90. The molecular weight excluding hydrogens is 412 g/mol. The zero-order chi connectivity index (χ0) is 23.3. The zero-order valence-corrected chi connectivity index (χ0v) is 18.8. The van der Waals surface area contributed by atoms with E-state index >= 15 is 0 Å². The number of piperidine rings is 1. The molecule has 1 N–H and O–H groups in total. The Morgan fingerprint density at radius 2 is 1.94 bits per heavy atom. The third-order valence-corrected chi connectivity index (χ3v) is 6.65. The highest BCUT2D eigenvalue weighted by Crippen LogP contribution is 2.35. The van der Waals surface area contributed by atoms with Gasteiger partial charge in [0.15, 0.2) is 5.82 Å². The number of nitriles is 1. The normalized spacial score (nSPS) is 24.5. The molecule has 1 atom stereocenters. The van der Waals surface area contributed by atoms with Crippen LogP contribution < -0.4 is 10.3 Å². The van der Waals surface area contributed by atoms with Crippen LogP contribution in [0.2, 0.25) is 0 Å². The molecule has 0 saturated carbocycles. The molecule has 0 bridgehead atoms. The van der Waals surface area contributed by atoms with Crippen LogP contribution in [0.25, 0.3) is 0 Å². The molecule has 3 aliphatic rings. The SMILES string of the molecule is CC1NC(=O)C2(CCN(C(=O)N3CC(C)(C)CN3c3ccnc(C#N)n3)CC2)N(C)C1=O. The second-order valence-electron chi connectivity index (χ2n) is 9.52. The highest BCUT2D eigenvalue weighted by atomic mass is 16.2. The number of hydrazine groups is 1. The first-order valence-electron chi connectivity index (χ1n) is 10.7. The lowest BCUT2D eigenvalue weighted by Crippen LogP contribution is -2.71. The molecule has 1 spiro atoms. The second-order valence-corrected chi connectivity index (χ2v) is 9.52. The number of likely N-dealkylation sites (N-methyl/N-ethyl adjacent to an activating group) is 1. The number of amides is 4. The van der Waals surface area contributed by atoms with Gasteiger partial charge >= 0.3 is 6.03 Å². The van der Waals surface area contributed by atoms with Gasteiger partial charge in [-0.1, -0.05) is 13.8 Å². The molecule has 1 unspecified atom stereocenters. The molecule has 4 rings (SSSR count). The minimum absolute atomic E-state index is 0.0461. The number of likely N-dealkylation sites (tertiary alicyclic amines) is 1. The van der Waals surface area contributed by atoms with Gasteiger partial charge in [0.05, 0.1) is 6.54 Å². The lowest BCUT2D eigenvalue weighted by molar-refractivity contribution is -0.157. The van der Waals surface area contributed by atoms with E-state index in [-0.39, 0.29) is 29.1 Å². The maximum Gasteiger partial charge on any atom is 0.338 e. The van der Waals surface area contributed by atoms with Crippen LogP contribution in [0.4, 0.5) is 10.6 Å². The molecule has 0 aliphatic carbocycles. The highest BCUT2D eigenvalue weighted by molar-refractivity contribution is 5.99. The minimum Gasteiger partial charge on any atom is -0.343 e. The third-order valence-electron chi connectivity index (χ3n) is 6.65. The van der Waals surface area contributed by atoms with Crippen LogP contribution in [-0.4, -0.2) is 87.4 Å². The average molecular weight is 441 g/mol. The number of carbonyl (C=O) groups excluding carboxylic acids is 3. The number of hydrogen-bond acceptors (Lipinski definition) is 7. The van der Waals surface area contributed by atoms with E-state index in [1.54, 1.807) is 39.9 Å². The molecule has 3 saturated heterocycles. The Labute approximate surface area is 186 Å². The van der Waals surface area contributed by atoms with Crippen LogP contribution >= 0.6 is 0 Å². The number of carbonyl (C=O) groups is 3. The number of urea groups is 1. The van der Waals surface area contributed by atoms with Gasteiger partial charge in [-0.3, -0.25) is 14.6 Å². The molecule has 0 radical (unpaired) electrons. The topological polar surface area (TPSA) is 126 Å². The van der Waals surface area contributed by atoms with E-state index in [4.69, 9.17) is 5.26 Å². The van der Waals surface area contributed by atoms with Crippen LogP contribution in [0.5, 0.6) is 0 Å². The van der Waals surface area contributed by atoms with Crippen molar-refractivity contribution in [2.24, 2.45) is 5.41 Å². The van der Waals surface area contributed by atoms with Crippen LogP contribution in [0.15, 0.2) is 12.3 Å². The monoisotopic (exact) mass is 440 g/mol. The van der Waals surface area contributed by atoms with E-state index in [1.807, 2.05) is 6.07 Å². The number of aromatic nitrogens is 2. The summed E-state index contributed by atoms with van der Waals surface area (Å²) in [6.45, 7) is 7.59. The highest BCUT2D eigenvalue weighted by Gasteiger charge is 2.52. The van der Waals surface area contributed by atoms with Crippen molar-refractivity contribution in [1.29, 1.82) is 5.26 Å². The Bertz CT molecular complexity index is 995. The van der Waals surface area contributed by atoms with Crippen molar-refractivity contribution in [1.82, 2.24) is 30.1 Å². The molecule has 4 amide bonds. The standard InChI is InChI=1S/C21H28N8O3/c1-14-17(30)26(4)21(18(31)24-14)6-9-27(10-7-21)19(32)29-13-20(2,3)12-28(29)16-5-8-23-15(11-22)25-16/h5,8,14H,6-7,9-10,12-13H2,1-4H3,(H,24,31). The lowest BCUT2D eigenvalue weighted by Gasteiger charge is -2.50. The number of nitrogens with zero attached hydrogens (tertiary/aromatic N) is 7. The lowest BCUT2D eigenvalue weighted by atomic mass is 9.82. The summed E-state index contributed by atoms with van der Waals surface area (Å²) in [5, 5.41) is 15.4. The van der Waals surface area contributed by atoms with Crippen molar-refractivity contribution in [3.63, 3.8) is 0 Å². The summed E-state index contributed by atoms with van der Waals surface area (Å²) >= 11 is 0. The zero-order valence-electron chi connectivity index (χ0n) is 18.8. The molecule has 3 fully saturated rings. The van der Waals surface area contributed by atoms with E-state index in [2.05, 4.69) is 29.1 Å². The third kappa shape index (κ3) is 3.49. The van der Waals surface area contributed by atoms with Gasteiger partial charge in [-0.25, -0.2) is 14.8 Å². The summed E-state index contributed by atoms with van der Waals surface area (Å²) in [4.78, 5) is 50.2. The van der Waals surface area contributed by atoms with Gasteiger partial charge in [0.2, 0.25) is 17.6 Å². The van der Waals surface area contributed by atoms with E-state index < -0.39 is 11.6 Å². The molecule has 1 aromatic heterocycles. The Kier molecular flexibility index (Phi) is 5.19. The van der Waals surface area contributed by atoms with Crippen molar-refractivity contribution in [2.45, 2.75) is 45.2 Å². The Morgan fingerprint density at radius 3 is 2.59 bits per heavy atom. The summed E-state index contributed by atoms with van der Waals surface area (Å²) < 4.78 is 0. The summed E-state index contributed by atoms with van der Waals surface area (Å²) in [6.07, 6.45) is 2.26. The number of anilines is 1. The van der Waals surface area contributed by atoms with E-state index in [0.717, 1.165) is 0 Å². The first kappa shape index (κ1) is 21.8.